The van der Waals surface area contributed by atoms with Gasteiger partial charge in [0.1, 0.15) is 23.9 Å². The molecule has 1 unspecified atom stereocenters. The van der Waals surface area contributed by atoms with E-state index in [1.807, 2.05) is 6.92 Å². The van der Waals surface area contributed by atoms with Crippen LogP contribution < -0.4 is 19.5 Å². The van der Waals surface area contributed by atoms with Crippen LogP contribution in [0.5, 0.6) is 11.6 Å². The van der Waals surface area contributed by atoms with Gasteiger partial charge >= 0.3 is 12.3 Å². The molecule has 2 aromatic rings. The second-order valence-corrected chi connectivity index (χ2v) is 19.9. The molecule has 5 aliphatic rings. The van der Waals surface area contributed by atoms with Crippen molar-refractivity contribution in [3.63, 3.8) is 0 Å². The summed E-state index contributed by atoms with van der Waals surface area (Å²) in [5.74, 6) is -6.84. The second-order valence-electron chi connectivity index (χ2n) is 17.7. The summed E-state index contributed by atoms with van der Waals surface area (Å²) in [5, 5.41) is 13.4. The minimum Gasteiger partial charge on any atom is -0.494 e. The lowest BCUT2D eigenvalue weighted by atomic mass is 9.84. The second kappa shape index (κ2) is 16.8. The van der Waals surface area contributed by atoms with Crippen LogP contribution in [-0.2, 0) is 29.1 Å². The van der Waals surface area contributed by atoms with E-state index in [2.05, 4.69) is 15.0 Å². The van der Waals surface area contributed by atoms with Crippen molar-refractivity contribution >= 4 is 44.6 Å². The van der Waals surface area contributed by atoms with Gasteiger partial charge in [-0.2, -0.15) is 13.2 Å². The summed E-state index contributed by atoms with van der Waals surface area (Å²) >= 11 is 0. The zero-order valence-electron chi connectivity index (χ0n) is 35.0. The number of fused-ring (bicyclic) bond motifs is 3. The first-order valence-corrected chi connectivity index (χ1v) is 22.5. The van der Waals surface area contributed by atoms with Gasteiger partial charge in [-0.15, -0.1) is 0 Å². The number of carboxylic acid groups (broad SMARTS) is 1. The van der Waals surface area contributed by atoms with Crippen molar-refractivity contribution in [2.75, 3.05) is 20.3 Å². The van der Waals surface area contributed by atoms with Gasteiger partial charge in [0, 0.05) is 30.5 Å². The average Bonchev–Trinajstić information content (AvgIpc) is 4.10. The lowest BCUT2D eigenvalue weighted by molar-refractivity contribution is -0.243. The number of amides is 4. The Bertz CT molecular complexity index is 2240. The molecule has 4 fully saturated rings. The van der Waals surface area contributed by atoms with E-state index in [1.165, 1.54) is 26.2 Å². The van der Waals surface area contributed by atoms with Crippen LogP contribution in [0.3, 0.4) is 0 Å². The minimum absolute atomic E-state index is 0.0915. The molecule has 8 atom stereocenters. The summed E-state index contributed by atoms with van der Waals surface area (Å²) < 4.78 is 107. The zero-order chi connectivity index (χ0) is 45.0. The number of benzene rings is 1. The fourth-order valence-corrected chi connectivity index (χ4v) is 10.5. The number of halogens is 4. The Balaban J connectivity index is 1.36. The van der Waals surface area contributed by atoms with Crippen LogP contribution in [0.4, 0.5) is 22.4 Å². The van der Waals surface area contributed by atoms with Crippen LogP contribution in [0.25, 0.3) is 10.8 Å². The number of methoxy groups -OCH3 is 1. The molecular formula is C42H53F4N5O10S. The van der Waals surface area contributed by atoms with E-state index in [-0.39, 0.29) is 54.7 Å². The molecule has 0 spiro atoms. The molecule has 1 aromatic carbocycles. The van der Waals surface area contributed by atoms with Crippen molar-refractivity contribution in [1.29, 1.82) is 0 Å². The number of pyridine rings is 1. The number of nitrogens with one attached hydrogen (secondary N) is 2. The molecule has 2 aliphatic carbocycles. The van der Waals surface area contributed by atoms with Crippen LogP contribution in [-0.4, -0.2) is 113 Å². The predicted octanol–water partition coefficient (Wildman–Crippen LogP) is 5.81. The molecule has 1 aromatic heterocycles. The van der Waals surface area contributed by atoms with Gasteiger partial charge < -0.3 is 29.5 Å². The molecule has 7 rings (SSSR count). The highest BCUT2D eigenvalue weighted by atomic mass is 32.2. The number of carbonyl (C=O) groups excluding carboxylic acids is 3. The number of alkyl halides is 3. The van der Waals surface area contributed by atoms with Gasteiger partial charge in [-0.25, -0.2) is 22.6 Å². The molecule has 62 heavy (non-hydrogen) atoms. The Labute approximate surface area is 356 Å². The van der Waals surface area contributed by atoms with Crippen molar-refractivity contribution < 1.29 is 64.5 Å². The van der Waals surface area contributed by atoms with Gasteiger partial charge in [-0.1, -0.05) is 32.4 Å². The van der Waals surface area contributed by atoms with E-state index in [9.17, 15) is 27.9 Å². The fourth-order valence-electron chi connectivity index (χ4n) is 9.19. The van der Waals surface area contributed by atoms with Crippen molar-refractivity contribution in [1.82, 2.24) is 24.8 Å². The Hall–Kier alpha value is -4.72. The molecule has 4 amide bonds. The molecule has 0 radical (unpaired) electrons. The third-order valence-corrected chi connectivity index (χ3v) is 15.6. The first-order chi connectivity index (χ1) is 29.2. The van der Waals surface area contributed by atoms with E-state index < -0.39 is 111 Å². The third kappa shape index (κ3) is 8.40. The number of hydrogen-bond acceptors (Lipinski definition) is 10. The molecule has 340 valence electrons. The highest BCUT2D eigenvalue weighted by molar-refractivity contribution is 7.91. The first kappa shape index (κ1) is 45.3. The zero-order valence-corrected chi connectivity index (χ0v) is 35.8. The SMILES string of the molecule is CC[C@@H]1C[C@H](C)CC/C=C\[C@@H]2C[C@@]2(C(=O)NS(=O)(=O)C2(C)CC2)NC(=O)[C@@H]2C[C@](Oc3nccc4cc(OC)c(F)cc34)(C(F)(F)F)CN2C(=O)[C@H]1N(C(=O)O)C1CCCCO1. The number of ether oxygens (including phenoxy) is 3. The highest BCUT2D eigenvalue weighted by Crippen LogP contribution is 2.50. The molecule has 15 nitrogen and oxygen atoms in total. The molecule has 3 N–H and O–H groups in total. The van der Waals surface area contributed by atoms with Crippen molar-refractivity contribution in [3.05, 3.63) is 42.4 Å². The van der Waals surface area contributed by atoms with Crippen molar-refractivity contribution in [2.45, 2.75) is 132 Å². The summed E-state index contributed by atoms with van der Waals surface area (Å²) in [6.07, 6.45) is -1.23. The maximum absolute atomic E-state index is 15.9. The fraction of sp³-hybridized carbons (Fsp3) is 0.643. The number of carbonyl (C=O) groups is 4. The standard InChI is InChI=1S/C42H53F4N5O10S/c1-5-25-18-24(2)10-6-7-11-27-21-41(27,37(54)49-62(57,58)39(3)14-15-39)48-34(52)30-22-40(42(44,45)46,61-35-28-20-29(43)31(59-4)19-26(28)13-16-47-35)23-50(30)36(53)33(25)51(38(55)56)32-12-8-9-17-60-32/h7,11,13,16,19-20,24-25,27,30,32-33H,5-6,8-10,12,14-15,17-18,21-23H2,1-4H3,(H,48,52)(H,49,54)(H,55,56)/b11-7-/t24-,25-,27-,30+,32?,33+,40-,41-/m1/s1. The van der Waals surface area contributed by atoms with Crippen LogP contribution in [0, 0.1) is 23.6 Å². The summed E-state index contributed by atoms with van der Waals surface area (Å²) in [7, 11) is -3.01. The van der Waals surface area contributed by atoms with Crippen molar-refractivity contribution in [3.8, 4) is 11.6 Å². The Morgan fingerprint density at radius 3 is 2.53 bits per heavy atom. The molecule has 3 aliphatic heterocycles. The van der Waals surface area contributed by atoms with Crippen molar-refractivity contribution in [2.24, 2.45) is 17.8 Å². The largest absolute Gasteiger partial charge is 0.494 e. The summed E-state index contributed by atoms with van der Waals surface area (Å²) in [4.78, 5) is 63.1. The number of rotatable bonds is 9. The molecular weight excluding hydrogens is 843 g/mol. The van der Waals surface area contributed by atoms with Crippen LogP contribution in [0.2, 0.25) is 0 Å². The minimum atomic E-state index is -5.35. The van der Waals surface area contributed by atoms with E-state index >= 15 is 22.4 Å². The lowest BCUT2D eigenvalue weighted by Crippen LogP contribution is -2.62. The number of sulfonamides is 1. The molecule has 2 saturated carbocycles. The van der Waals surface area contributed by atoms with Gasteiger partial charge in [0.25, 0.3) is 5.91 Å². The first-order valence-electron chi connectivity index (χ1n) is 21.1. The number of allylic oxidation sites excluding steroid dienone is 1. The average molecular weight is 896 g/mol. The highest BCUT2D eigenvalue weighted by Gasteiger charge is 2.68. The summed E-state index contributed by atoms with van der Waals surface area (Å²) in [6, 6.07) is -0.138. The van der Waals surface area contributed by atoms with E-state index in [1.54, 1.807) is 19.1 Å². The summed E-state index contributed by atoms with van der Waals surface area (Å²) in [5.41, 5.74) is -5.32. The molecule has 0 bridgehead atoms. The number of aromatic nitrogens is 1. The monoisotopic (exact) mass is 895 g/mol. The third-order valence-electron chi connectivity index (χ3n) is 13.4. The maximum atomic E-state index is 15.9. The number of nitrogens with zero attached hydrogens (tertiary/aromatic N) is 3. The van der Waals surface area contributed by atoms with Gasteiger partial charge in [-0.3, -0.25) is 24.0 Å². The Morgan fingerprint density at radius 2 is 1.90 bits per heavy atom. The van der Waals surface area contributed by atoms with Gasteiger partial charge in [0.15, 0.2) is 11.6 Å². The number of hydrogen-bond donors (Lipinski definition) is 3. The van der Waals surface area contributed by atoms with E-state index in [4.69, 9.17) is 14.2 Å². The summed E-state index contributed by atoms with van der Waals surface area (Å²) in [6.45, 7) is 3.98. The van der Waals surface area contributed by atoms with Crippen LogP contribution in [0.1, 0.15) is 91.4 Å². The maximum Gasteiger partial charge on any atom is 0.430 e. The van der Waals surface area contributed by atoms with E-state index in [0.29, 0.717) is 43.4 Å². The molecule has 20 heteroatoms. The topological polar surface area (TPSA) is 194 Å². The Kier molecular flexibility index (Phi) is 12.3. The lowest BCUT2D eigenvalue weighted by Gasteiger charge is -2.42. The smallest absolute Gasteiger partial charge is 0.430 e. The van der Waals surface area contributed by atoms with Gasteiger partial charge in [-0.05, 0) is 100 Å². The van der Waals surface area contributed by atoms with Gasteiger partial charge in [0.2, 0.25) is 33.3 Å². The van der Waals surface area contributed by atoms with Gasteiger partial charge in [0.05, 0.1) is 18.4 Å². The van der Waals surface area contributed by atoms with Crippen LogP contribution >= 0.6 is 0 Å². The predicted molar refractivity (Wildman–Crippen MR) is 215 cm³/mol. The van der Waals surface area contributed by atoms with E-state index in [0.717, 1.165) is 17.2 Å². The van der Waals surface area contributed by atoms with Crippen LogP contribution in [0.15, 0.2) is 36.5 Å². The molecule has 4 heterocycles. The quantitative estimate of drug-likeness (QED) is 0.203. The molecule has 2 saturated heterocycles. The Morgan fingerprint density at radius 1 is 1.16 bits per heavy atom. The normalized spacial score (nSPS) is 32.0.